The summed E-state index contributed by atoms with van der Waals surface area (Å²) in [6.45, 7) is 6.80. The maximum absolute atomic E-state index is 13.3. The number of aromatic nitrogens is 2. The van der Waals surface area contributed by atoms with Crippen LogP contribution in [0.1, 0.15) is 59.9 Å². The molecule has 0 bridgehead atoms. The van der Waals surface area contributed by atoms with Gasteiger partial charge in [0.1, 0.15) is 0 Å². The van der Waals surface area contributed by atoms with Crippen molar-refractivity contribution in [3.63, 3.8) is 0 Å². The second kappa shape index (κ2) is 9.92. The topological polar surface area (TPSA) is 72.3 Å². The third-order valence-corrected chi connectivity index (χ3v) is 7.80. The molecule has 1 amide bonds. The van der Waals surface area contributed by atoms with E-state index in [1.807, 2.05) is 49.9 Å². The molecular weight excluding hydrogens is 470 g/mol. The minimum Gasteiger partial charge on any atom is -0.332 e. The van der Waals surface area contributed by atoms with Gasteiger partial charge in [-0.1, -0.05) is 41.4 Å². The van der Waals surface area contributed by atoms with Crippen LogP contribution in [0, 0.1) is 12.8 Å². The largest absolute Gasteiger partial charge is 0.332 e. The molecule has 1 aliphatic rings. The monoisotopic (exact) mass is 499 g/mol. The third-order valence-electron chi connectivity index (χ3n) is 5.99. The summed E-state index contributed by atoms with van der Waals surface area (Å²) in [6, 6.07) is 14.3. The summed E-state index contributed by atoms with van der Waals surface area (Å²) in [6.07, 6.45) is 3.81. The number of carbonyl (C=O) groups excluding carboxylic acids is 1. The molecule has 1 heterocycles. The Morgan fingerprint density at radius 2 is 1.88 bits per heavy atom. The van der Waals surface area contributed by atoms with Crippen LogP contribution in [0.5, 0.6) is 0 Å². The molecule has 0 spiro atoms. The summed E-state index contributed by atoms with van der Waals surface area (Å²) in [5, 5.41) is 0.512. The number of rotatable bonds is 9. The molecule has 34 heavy (non-hydrogen) atoms. The summed E-state index contributed by atoms with van der Waals surface area (Å²) in [5.41, 5.74) is 3.05. The predicted octanol–water partition coefficient (Wildman–Crippen LogP) is 5.45. The Morgan fingerprint density at radius 1 is 1.18 bits per heavy atom. The van der Waals surface area contributed by atoms with E-state index < -0.39 is 9.84 Å². The highest BCUT2D eigenvalue weighted by Crippen LogP contribution is 2.31. The van der Waals surface area contributed by atoms with Crippen molar-refractivity contribution < 1.29 is 13.2 Å². The van der Waals surface area contributed by atoms with Crippen molar-refractivity contribution >= 4 is 27.3 Å². The summed E-state index contributed by atoms with van der Waals surface area (Å²) >= 11 is 6.05. The van der Waals surface area contributed by atoms with Crippen molar-refractivity contribution in [2.75, 3.05) is 6.54 Å². The van der Waals surface area contributed by atoms with Crippen molar-refractivity contribution in [3.8, 4) is 0 Å². The zero-order chi connectivity index (χ0) is 24.5. The first kappa shape index (κ1) is 24.5. The highest BCUT2D eigenvalue weighted by molar-refractivity contribution is 7.90. The number of nitrogens with zero attached hydrogens (tertiary/aromatic N) is 3. The third kappa shape index (κ3) is 5.70. The fourth-order valence-corrected chi connectivity index (χ4v) is 5.89. The number of imidazole rings is 1. The summed E-state index contributed by atoms with van der Waals surface area (Å²) in [5.74, 6) is 0.257. The molecule has 6 nitrogen and oxygen atoms in total. The molecular formula is C26H30ClN3O3S. The Hall–Kier alpha value is -2.64. The Balaban J connectivity index is 1.64. The number of aryl methyl sites for hydroxylation is 1. The van der Waals surface area contributed by atoms with Gasteiger partial charge in [-0.3, -0.25) is 4.79 Å². The van der Waals surface area contributed by atoms with Gasteiger partial charge in [0.05, 0.1) is 24.2 Å². The summed E-state index contributed by atoms with van der Waals surface area (Å²) in [7, 11) is -3.72. The first-order chi connectivity index (χ1) is 16.1. The van der Waals surface area contributed by atoms with Gasteiger partial charge in [-0.2, -0.15) is 0 Å². The summed E-state index contributed by atoms with van der Waals surface area (Å²) < 4.78 is 28.3. The maximum atomic E-state index is 13.3. The second-order valence-corrected chi connectivity index (χ2v) is 11.7. The lowest BCUT2D eigenvalue weighted by atomic mass is 10.1. The average Bonchev–Trinajstić information content (AvgIpc) is 3.48. The van der Waals surface area contributed by atoms with E-state index in [-0.39, 0.29) is 22.9 Å². The van der Waals surface area contributed by atoms with Gasteiger partial charge in [0.25, 0.3) is 5.91 Å². The van der Waals surface area contributed by atoms with Crippen LogP contribution in [0.25, 0.3) is 0 Å². The van der Waals surface area contributed by atoms with Crippen LogP contribution in [0.4, 0.5) is 0 Å². The van der Waals surface area contributed by atoms with Crippen molar-refractivity contribution in [3.05, 3.63) is 82.1 Å². The Labute approximate surface area is 206 Å². The first-order valence-electron chi connectivity index (χ1n) is 11.5. The number of carbonyl (C=O) groups is 1. The van der Waals surface area contributed by atoms with Crippen LogP contribution in [0.15, 0.2) is 59.9 Å². The molecule has 0 unspecified atom stereocenters. The van der Waals surface area contributed by atoms with Gasteiger partial charge < -0.3 is 9.47 Å². The van der Waals surface area contributed by atoms with E-state index in [9.17, 15) is 13.2 Å². The molecule has 3 aromatic rings. The molecule has 180 valence electrons. The summed E-state index contributed by atoms with van der Waals surface area (Å²) in [4.78, 5) is 19.5. The molecule has 8 heteroatoms. The SMILES string of the molecule is Cc1ccc(C(=O)N(Cc2cnc(S(=O)(=O)Cc3cccc(Cl)c3)n2C(C)C)CC2CC2)cc1. The maximum Gasteiger partial charge on any atom is 0.254 e. The Bertz CT molecular complexity index is 1280. The van der Waals surface area contributed by atoms with Crippen LogP contribution >= 0.6 is 11.6 Å². The van der Waals surface area contributed by atoms with Crippen LogP contribution in [-0.4, -0.2) is 35.3 Å². The minimum absolute atomic E-state index is 0.0200. The standard InChI is InChI=1S/C26H30ClN3O3S/c1-18(2)30-24(14-28-26(30)34(32,33)17-21-5-4-6-23(27)13-21)16-29(15-20-9-10-20)25(31)22-11-7-19(3)8-12-22/h4-8,11-14,18,20H,9-10,15-17H2,1-3H3. The second-order valence-electron chi connectivity index (χ2n) is 9.38. The lowest BCUT2D eigenvalue weighted by Crippen LogP contribution is -2.33. The molecule has 4 rings (SSSR count). The van der Waals surface area contributed by atoms with Crippen LogP contribution in [0.3, 0.4) is 0 Å². The lowest BCUT2D eigenvalue weighted by molar-refractivity contribution is 0.0730. The van der Waals surface area contributed by atoms with Gasteiger partial charge in [0.15, 0.2) is 0 Å². The quantitative estimate of drug-likeness (QED) is 0.392. The lowest BCUT2D eigenvalue weighted by Gasteiger charge is -2.25. The number of hydrogen-bond acceptors (Lipinski definition) is 4. The van der Waals surface area contributed by atoms with Crippen LogP contribution < -0.4 is 0 Å². The molecule has 0 saturated heterocycles. The molecule has 1 aliphatic carbocycles. The number of halogens is 1. The number of sulfone groups is 1. The minimum atomic E-state index is -3.72. The van der Waals surface area contributed by atoms with E-state index in [4.69, 9.17) is 11.6 Å². The van der Waals surface area contributed by atoms with Gasteiger partial charge in [0.2, 0.25) is 15.0 Å². The van der Waals surface area contributed by atoms with Crippen LogP contribution in [-0.2, 0) is 22.1 Å². The normalized spacial score (nSPS) is 13.9. The predicted molar refractivity (Wildman–Crippen MR) is 134 cm³/mol. The van der Waals surface area contributed by atoms with Crippen molar-refractivity contribution in [1.82, 2.24) is 14.5 Å². The van der Waals surface area contributed by atoms with Gasteiger partial charge in [-0.15, -0.1) is 0 Å². The zero-order valence-corrected chi connectivity index (χ0v) is 21.3. The van der Waals surface area contributed by atoms with Crippen molar-refractivity contribution in [2.24, 2.45) is 5.92 Å². The molecule has 0 radical (unpaired) electrons. The van der Waals surface area contributed by atoms with E-state index in [2.05, 4.69) is 4.98 Å². The zero-order valence-electron chi connectivity index (χ0n) is 19.7. The number of benzene rings is 2. The molecule has 1 aromatic heterocycles. The number of hydrogen-bond donors (Lipinski definition) is 0. The Kier molecular flexibility index (Phi) is 7.14. The highest BCUT2D eigenvalue weighted by atomic mass is 35.5. The van der Waals surface area contributed by atoms with Crippen LogP contribution in [0.2, 0.25) is 5.02 Å². The fourth-order valence-electron chi connectivity index (χ4n) is 4.09. The molecule has 0 atom stereocenters. The molecule has 0 aliphatic heterocycles. The van der Waals surface area contributed by atoms with Crippen molar-refractivity contribution in [1.29, 1.82) is 0 Å². The van der Waals surface area contributed by atoms with E-state index in [1.54, 1.807) is 35.0 Å². The van der Waals surface area contributed by atoms with Gasteiger partial charge in [0, 0.05) is 23.2 Å². The number of amides is 1. The van der Waals surface area contributed by atoms with E-state index in [1.165, 1.54) is 0 Å². The van der Waals surface area contributed by atoms with Gasteiger partial charge in [-0.05, 0) is 69.4 Å². The highest BCUT2D eigenvalue weighted by Gasteiger charge is 2.30. The molecule has 0 N–H and O–H groups in total. The average molecular weight is 500 g/mol. The van der Waals surface area contributed by atoms with E-state index in [0.717, 1.165) is 18.4 Å². The van der Waals surface area contributed by atoms with E-state index in [0.29, 0.717) is 40.9 Å². The Morgan fingerprint density at radius 3 is 2.50 bits per heavy atom. The van der Waals surface area contributed by atoms with E-state index >= 15 is 0 Å². The van der Waals surface area contributed by atoms with Gasteiger partial charge >= 0.3 is 0 Å². The van der Waals surface area contributed by atoms with Crippen molar-refractivity contribution in [2.45, 2.75) is 57.1 Å². The molecule has 1 saturated carbocycles. The molecule has 1 fully saturated rings. The molecule has 2 aromatic carbocycles. The van der Waals surface area contributed by atoms with Gasteiger partial charge in [-0.25, -0.2) is 13.4 Å². The fraction of sp³-hybridized carbons (Fsp3) is 0.385. The first-order valence-corrected chi connectivity index (χ1v) is 13.6. The smallest absolute Gasteiger partial charge is 0.254 e.